The zero-order chi connectivity index (χ0) is 75.3. The number of aliphatic hydroxyl groups is 11. The maximum absolute atomic E-state index is 13.5. The summed E-state index contributed by atoms with van der Waals surface area (Å²) in [6.07, 6.45) is 62.1. The number of carbonyl (C=O) groups excluding carboxylic acids is 1. The highest BCUT2D eigenvalue weighted by Gasteiger charge is 2.54. The smallest absolute Gasteiger partial charge is 0.220 e. The molecule has 104 heavy (non-hydrogen) atoms. The van der Waals surface area contributed by atoms with E-state index in [4.69, 9.17) is 28.4 Å². The Bertz CT molecular complexity index is 2300. The van der Waals surface area contributed by atoms with Gasteiger partial charge >= 0.3 is 0 Å². The first-order chi connectivity index (χ1) is 50.8. The van der Waals surface area contributed by atoms with E-state index in [0.717, 1.165) is 109 Å². The van der Waals surface area contributed by atoms with Crippen molar-refractivity contribution in [3.63, 3.8) is 0 Å². The second-order valence-corrected chi connectivity index (χ2v) is 28.9. The largest absolute Gasteiger partial charge is 0.394 e. The first-order valence-electron chi connectivity index (χ1n) is 41.1. The number of amides is 1. The maximum Gasteiger partial charge on any atom is 0.220 e. The molecule has 3 rings (SSSR count). The highest BCUT2D eigenvalue weighted by Crippen LogP contribution is 2.33. The fraction of sp³-hybridized carbons (Fsp3) is 0.776. The predicted molar refractivity (Wildman–Crippen MR) is 415 cm³/mol. The minimum Gasteiger partial charge on any atom is -0.394 e. The molecule has 0 bridgehead atoms. The molecule has 3 aliphatic heterocycles. The molecule has 0 aromatic rings. The number of ether oxygens (including phenoxy) is 6. The van der Waals surface area contributed by atoms with E-state index in [0.29, 0.717) is 6.42 Å². The van der Waals surface area contributed by atoms with E-state index >= 15 is 0 Å². The van der Waals surface area contributed by atoms with E-state index in [1.807, 2.05) is 6.08 Å². The average molecular weight is 1470 g/mol. The van der Waals surface area contributed by atoms with E-state index in [1.165, 1.54) is 154 Å². The Morgan fingerprint density at radius 2 is 0.663 bits per heavy atom. The van der Waals surface area contributed by atoms with E-state index in [1.54, 1.807) is 6.08 Å². The number of unbranched alkanes of at least 4 members (excludes halogenated alkanes) is 32. The Labute approximate surface area is 627 Å². The molecule has 0 radical (unpaired) electrons. The molecule has 1 amide bonds. The molecule has 3 heterocycles. The van der Waals surface area contributed by atoms with Crippen LogP contribution in [0.1, 0.15) is 290 Å². The van der Waals surface area contributed by atoms with Crippen molar-refractivity contribution in [2.45, 2.75) is 394 Å². The zero-order valence-electron chi connectivity index (χ0n) is 64.2. The lowest BCUT2D eigenvalue weighted by Crippen LogP contribution is -2.66. The molecular formula is C85H147NO18. The van der Waals surface area contributed by atoms with E-state index < -0.39 is 124 Å². The number of hydrogen-bond acceptors (Lipinski definition) is 18. The second-order valence-electron chi connectivity index (χ2n) is 28.9. The molecule has 3 saturated heterocycles. The van der Waals surface area contributed by atoms with Crippen molar-refractivity contribution in [3.05, 3.63) is 109 Å². The van der Waals surface area contributed by atoms with Crippen molar-refractivity contribution in [3.8, 4) is 0 Å². The van der Waals surface area contributed by atoms with Gasteiger partial charge in [-0.25, -0.2) is 0 Å². The van der Waals surface area contributed by atoms with Gasteiger partial charge in [0, 0.05) is 6.42 Å². The summed E-state index contributed by atoms with van der Waals surface area (Å²) in [6, 6.07) is -0.982. The summed E-state index contributed by atoms with van der Waals surface area (Å²) in [5.74, 6) is -0.279. The van der Waals surface area contributed by atoms with Gasteiger partial charge in [0.05, 0.1) is 38.6 Å². The van der Waals surface area contributed by atoms with Crippen LogP contribution in [-0.2, 0) is 33.2 Å². The number of aliphatic hydroxyl groups excluding tert-OH is 11. The van der Waals surface area contributed by atoms with Crippen molar-refractivity contribution in [1.82, 2.24) is 5.32 Å². The van der Waals surface area contributed by atoms with Crippen molar-refractivity contribution in [2.75, 3.05) is 26.4 Å². The summed E-state index contributed by atoms with van der Waals surface area (Å²) in [5, 5.41) is 121. The monoisotopic (exact) mass is 1470 g/mol. The standard InChI is InChI=1S/C85H147NO18/c1-3-5-7-9-11-13-15-17-19-21-23-25-27-28-29-30-31-32-33-34-35-36-37-38-39-40-41-43-45-47-49-51-53-55-57-59-61-63-73(91)86-68(69(90)62-60-58-56-54-52-50-48-46-44-42-26-24-22-20-18-16-14-12-10-8-6-4-2)67-99-83-79(97)76(94)81(71(65-88)101-83)104-85-80(98)77(95)82(72(66-89)102-85)103-84-78(96)75(93)74(92)70(64-87)100-84/h5,7,11,13,17,19,23,25,28-29,31-32,34-35,37-38,60,62,68-72,74-85,87-90,92-98H,3-4,6,8-10,12,14-16,18,20-22,24,26-27,30,33,36,39-59,61,63-67H2,1-2H3,(H,86,91)/b7-5-,13-11-,19-17-,25-23-,29-28-,32-31-,35-34-,38-37-,62-60+. The van der Waals surface area contributed by atoms with E-state index in [9.17, 15) is 61.0 Å². The molecule has 3 aliphatic rings. The summed E-state index contributed by atoms with van der Waals surface area (Å²) in [6.45, 7) is 1.64. The SMILES string of the molecule is CC/C=C\C/C=C\C/C=C\C/C=C\C/C=C\C/C=C\C/C=C\C/C=C\CCCCCCCCCCCCCCC(=O)NC(COC1OC(CO)C(OC2OC(CO)C(OC3OC(CO)C(O)C(O)C3O)C(O)C2O)C(O)C1O)C(O)/C=C/CCCCCCCCCCCCCCCCCCCCCC. The fourth-order valence-electron chi connectivity index (χ4n) is 13.3. The lowest BCUT2D eigenvalue weighted by molar-refractivity contribution is -0.379. The topological polar surface area (TPSA) is 307 Å². The lowest BCUT2D eigenvalue weighted by Gasteiger charge is -2.48. The summed E-state index contributed by atoms with van der Waals surface area (Å²) in [5.41, 5.74) is 0. The number of hydrogen-bond donors (Lipinski definition) is 12. The fourth-order valence-corrected chi connectivity index (χ4v) is 13.3. The van der Waals surface area contributed by atoms with Crippen LogP contribution in [0, 0.1) is 0 Å². The molecular weight excluding hydrogens is 1320 g/mol. The van der Waals surface area contributed by atoms with Crippen LogP contribution in [0.5, 0.6) is 0 Å². The molecule has 0 spiro atoms. The van der Waals surface area contributed by atoms with Gasteiger partial charge < -0.3 is 89.9 Å². The normalized spacial score (nSPS) is 26.5. The lowest BCUT2D eigenvalue weighted by atomic mass is 9.96. The third-order valence-electron chi connectivity index (χ3n) is 19.8. The summed E-state index contributed by atoms with van der Waals surface area (Å²) < 4.78 is 34.5. The van der Waals surface area contributed by atoms with Crippen LogP contribution in [0.4, 0.5) is 0 Å². The van der Waals surface area contributed by atoms with E-state index in [2.05, 4.69) is 116 Å². The average Bonchev–Trinajstić information content (AvgIpc) is 0.783. The molecule has 600 valence electrons. The predicted octanol–water partition coefficient (Wildman–Crippen LogP) is 14.1. The third-order valence-corrected chi connectivity index (χ3v) is 19.8. The van der Waals surface area contributed by atoms with Crippen molar-refractivity contribution >= 4 is 5.91 Å². The summed E-state index contributed by atoms with van der Waals surface area (Å²) in [4.78, 5) is 13.5. The summed E-state index contributed by atoms with van der Waals surface area (Å²) in [7, 11) is 0. The zero-order valence-corrected chi connectivity index (χ0v) is 64.2. The molecule has 12 N–H and O–H groups in total. The van der Waals surface area contributed by atoms with Gasteiger partial charge in [0.1, 0.15) is 73.2 Å². The Kier molecular flexibility index (Phi) is 58.5. The number of carbonyl (C=O) groups is 1. The van der Waals surface area contributed by atoms with Crippen LogP contribution in [0.25, 0.3) is 0 Å². The van der Waals surface area contributed by atoms with Crippen molar-refractivity contribution in [1.29, 1.82) is 0 Å². The maximum atomic E-state index is 13.5. The number of rotatable bonds is 64. The molecule has 19 heteroatoms. The molecule has 3 fully saturated rings. The van der Waals surface area contributed by atoms with Gasteiger partial charge in [-0.2, -0.15) is 0 Å². The van der Waals surface area contributed by atoms with Gasteiger partial charge in [-0.1, -0.05) is 309 Å². The Hall–Kier alpha value is -3.55. The molecule has 0 aromatic carbocycles. The van der Waals surface area contributed by atoms with Gasteiger partial charge in [0.25, 0.3) is 0 Å². The first kappa shape index (κ1) is 94.7. The Balaban J connectivity index is 1.35. The van der Waals surface area contributed by atoms with Gasteiger partial charge in [-0.05, 0) is 83.5 Å². The second kappa shape index (κ2) is 64.3. The minimum absolute atomic E-state index is 0.235. The number of allylic oxidation sites excluding steroid dienone is 17. The van der Waals surface area contributed by atoms with Crippen LogP contribution in [0.15, 0.2) is 109 Å². The summed E-state index contributed by atoms with van der Waals surface area (Å²) >= 11 is 0. The van der Waals surface area contributed by atoms with Crippen LogP contribution in [0.3, 0.4) is 0 Å². The van der Waals surface area contributed by atoms with Crippen LogP contribution in [-0.4, -0.2) is 193 Å². The van der Waals surface area contributed by atoms with E-state index in [-0.39, 0.29) is 18.9 Å². The molecule has 0 aromatic heterocycles. The van der Waals surface area contributed by atoms with Gasteiger partial charge in [0.2, 0.25) is 5.91 Å². The quantitative estimate of drug-likeness (QED) is 0.0199. The van der Waals surface area contributed by atoms with Gasteiger partial charge in [0.15, 0.2) is 18.9 Å². The third kappa shape index (κ3) is 43.6. The molecule has 0 aliphatic carbocycles. The Morgan fingerprint density at radius 3 is 1.04 bits per heavy atom. The van der Waals surface area contributed by atoms with Crippen LogP contribution >= 0.6 is 0 Å². The van der Waals surface area contributed by atoms with Gasteiger partial charge in [-0.15, -0.1) is 0 Å². The number of nitrogens with one attached hydrogen (secondary N) is 1. The van der Waals surface area contributed by atoms with Crippen molar-refractivity contribution < 1.29 is 89.4 Å². The Morgan fingerprint density at radius 1 is 0.356 bits per heavy atom. The first-order valence-corrected chi connectivity index (χ1v) is 41.1. The highest BCUT2D eigenvalue weighted by atomic mass is 16.8. The molecule has 17 unspecified atom stereocenters. The van der Waals surface area contributed by atoms with Crippen molar-refractivity contribution in [2.24, 2.45) is 0 Å². The van der Waals surface area contributed by atoms with Crippen LogP contribution < -0.4 is 5.32 Å². The van der Waals surface area contributed by atoms with Gasteiger partial charge in [-0.3, -0.25) is 4.79 Å². The highest BCUT2D eigenvalue weighted by molar-refractivity contribution is 5.76. The molecule has 0 saturated carbocycles. The molecule has 17 atom stereocenters. The molecule has 19 nitrogen and oxygen atoms in total. The minimum atomic E-state index is -1.98. The van der Waals surface area contributed by atoms with Crippen LogP contribution in [0.2, 0.25) is 0 Å².